The van der Waals surface area contributed by atoms with Gasteiger partial charge in [0.05, 0.1) is 13.0 Å². The first kappa shape index (κ1) is 16.9. The van der Waals surface area contributed by atoms with E-state index >= 15 is 0 Å². The number of ether oxygens (including phenoxy) is 1. The first-order valence-corrected chi connectivity index (χ1v) is 6.41. The van der Waals surface area contributed by atoms with Crippen molar-refractivity contribution in [3.63, 3.8) is 0 Å². The molecule has 0 atom stereocenters. The fraction of sp³-hybridized carbons (Fsp3) is 0.429. The summed E-state index contributed by atoms with van der Waals surface area (Å²) in [6.07, 6.45) is -0.113. The predicted molar refractivity (Wildman–Crippen MR) is 74.2 cm³/mol. The molecule has 116 valence electrons. The Morgan fingerprint density at radius 1 is 1.43 bits per heavy atom. The van der Waals surface area contributed by atoms with E-state index in [4.69, 9.17) is 9.84 Å². The summed E-state index contributed by atoms with van der Waals surface area (Å²) in [5.41, 5.74) is 1.16. The molecule has 0 saturated heterocycles. The van der Waals surface area contributed by atoms with Gasteiger partial charge in [-0.05, 0) is 17.7 Å². The Kier molecular flexibility index (Phi) is 6.61. The van der Waals surface area contributed by atoms with E-state index in [-0.39, 0.29) is 38.0 Å². The molecule has 1 rings (SSSR count). The molecule has 2 amide bonds. The van der Waals surface area contributed by atoms with Gasteiger partial charge in [-0.15, -0.1) is 0 Å². The molecular weight excluding hydrogens is 279 g/mol. The number of hydrogen-bond acceptors (Lipinski definition) is 3. The molecule has 0 heterocycles. The maximum atomic E-state index is 13.4. The number of nitrogens with zero attached hydrogens (tertiary/aromatic N) is 1. The average molecular weight is 298 g/mol. The van der Waals surface area contributed by atoms with Gasteiger partial charge in [0.25, 0.3) is 0 Å². The number of carboxylic acid groups (broad SMARTS) is 1. The third kappa shape index (κ3) is 5.78. The van der Waals surface area contributed by atoms with Gasteiger partial charge >= 0.3 is 12.0 Å². The Morgan fingerprint density at radius 2 is 2.14 bits per heavy atom. The molecule has 0 radical (unpaired) electrons. The Bertz CT molecular complexity index is 508. The molecule has 0 bridgehead atoms. The van der Waals surface area contributed by atoms with Gasteiger partial charge in [-0.25, -0.2) is 9.18 Å². The second-order valence-electron chi connectivity index (χ2n) is 4.58. The van der Waals surface area contributed by atoms with Crippen LogP contribution in [0, 0.1) is 5.82 Å². The summed E-state index contributed by atoms with van der Waals surface area (Å²) in [5, 5.41) is 11.2. The molecule has 2 N–H and O–H groups in total. The summed E-state index contributed by atoms with van der Waals surface area (Å²) in [6.45, 7) is 0.513. The van der Waals surface area contributed by atoms with Gasteiger partial charge in [0, 0.05) is 32.8 Å². The molecule has 0 aromatic heterocycles. The number of benzene rings is 1. The molecule has 0 aliphatic carbocycles. The third-order valence-corrected chi connectivity index (χ3v) is 2.86. The van der Waals surface area contributed by atoms with Crippen molar-refractivity contribution in [3.05, 3.63) is 35.1 Å². The van der Waals surface area contributed by atoms with E-state index in [0.717, 1.165) is 5.56 Å². The van der Waals surface area contributed by atoms with Gasteiger partial charge < -0.3 is 20.1 Å². The van der Waals surface area contributed by atoms with E-state index in [2.05, 4.69) is 5.32 Å². The number of nitrogens with one attached hydrogen (secondary N) is 1. The molecule has 0 saturated carbocycles. The maximum Gasteiger partial charge on any atom is 0.317 e. The maximum absolute atomic E-state index is 13.4. The first-order chi connectivity index (χ1) is 9.93. The molecule has 1 aromatic rings. The van der Waals surface area contributed by atoms with Gasteiger partial charge in [-0.2, -0.15) is 0 Å². The van der Waals surface area contributed by atoms with Gasteiger partial charge in [-0.1, -0.05) is 6.07 Å². The average Bonchev–Trinajstić information content (AvgIpc) is 2.45. The summed E-state index contributed by atoms with van der Waals surface area (Å²) < 4.78 is 18.3. The van der Waals surface area contributed by atoms with Crippen LogP contribution in [0.25, 0.3) is 0 Å². The van der Waals surface area contributed by atoms with Crippen LogP contribution >= 0.6 is 0 Å². The fourth-order valence-corrected chi connectivity index (χ4v) is 1.68. The molecule has 0 aliphatic rings. The van der Waals surface area contributed by atoms with E-state index in [1.165, 1.54) is 25.1 Å². The molecular formula is C14H19FN2O4. The highest BCUT2D eigenvalue weighted by Gasteiger charge is 2.10. The Labute approximate surface area is 122 Å². The molecule has 0 spiro atoms. The van der Waals surface area contributed by atoms with Gasteiger partial charge in [0.15, 0.2) is 0 Å². The van der Waals surface area contributed by atoms with Crippen molar-refractivity contribution >= 4 is 12.0 Å². The van der Waals surface area contributed by atoms with Crippen molar-refractivity contribution in [1.29, 1.82) is 0 Å². The largest absolute Gasteiger partial charge is 0.481 e. The van der Waals surface area contributed by atoms with Crippen LogP contribution in [0.15, 0.2) is 18.2 Å². The molecule has 0 aliphatic heterocycles. The minimum absolute atomic E-state index is 0.113. The van der Waals surface area contributed by atoms with Crippen LogP contribution in [0.4, 0.5) is 9.18 Å². The zero-order chi connectivity index (χ0) is 15.8. The van der Waals surface area contributed by atoms with E-state index in [9.17, 15) is 14.0 Å². The standard InChI is InChI=1S/C14H19FN2O4/c1-17(6-5-13(18)19)14(20)16-8-10-3-4-12(15)11(7-10)9-21-2/h3-4,7H,5-6,8-9H2,1-2H3,(H,16,20)(H,18,19). The van der Waals surface area contributed by atoms with Gasteiger partial charge in [0.1, 0.15) is 5.82 Å². The van der Waals surface area contributed by atoms with Crippen LogP contribution in [0.2, 0.25) is 0 Å². The number of carboxylic acids is 1. The van der Waals surface area contributed by atoms with Gasteiger partial charge in [0.2, 0.25) is 0 Å². The minimum atomic E-state index is -0.961. The van der Waals surface area contributed by atoms with E-state index in [1.54, 1.807) is 12.1 Å². The summed E-state index contributed by atoms with van der Waals surface area (Å²) in [7, 11) is 2.99. The van der Waals surface area contributed by atoms with Crippen LogP contribution in [-0.4, -0.2) is 42.7 Å². The molecule has 6 nitrogen and oxygen atoms in total. The van der Waals surface area contributed by atoms with Crippen molar-refractivity contribution in [3.8, 4) is 0 Å². The summed E-state index contributed by atoms with van der Waals surface area (Å²) in [4.78, 5) is 23.4. The minimum Gasteiger partial charge on any atom is -0.481 e. The SMILES string of the molecule is COCc1cc(CNC(=O)N(C)CCC(=O)O)ccc1F. The first-order valence-electron chi connectivity index (χ1n) is 6.41. The number of carbonyl (C=O) groups is 2. The normalized spacial score (nSPS) is 10.2. The second-order valence-corrected chi connectivity index (χ2v) is 4.58. The van der Waals surface area contributed by atoms with Crippen molar-refractivity contribution < 1.29 is 23.8 Å². The van der Waals surface area contributed by atoms with E-state index in [1.807, 2.05) is 0 Å². The Hall–Kier alpha value is -2.15. The number of aliphatic carboxylic acids is 1. The van der Waals surface area contributed by atoms with Crippen molar-refractivity contribution in [2.75, 3.05) is 20.7 Å². The molecule has 1 aromatic carbocycles. The lowest BCUT2D eigenvalue weighted by atomic mass is 10.1. The van der Waals surface area contributed by atoms with Crippen molar-refractivity contribution in [2.45, 2.75) is 19.6 Å². The molecule has 21 heavy (non-hydrogen) atoms. The summed E-state index contributed by atoms with van der Waals surface area (Å²) >= 11 is 0. The zero-order valence-corrected chi connectivity index (χ0v) is 12.1. The highest BCUT2D eigenvalue weighted by Crippen LogP contribution is 2.11. The Morgan fingerprint density at radius 3 is 2.76 bits per heavy atom. The lowest BCUT2D eigenvalue weighted by Gasteiger charge is -2.17. The quantitative estimate of drug-likeness (QED) is 0.801. The number of rotatable bonds is 7. The summed E-state index contributed by atoms with van der Waals surface area (Å²) in [6, 6.07) is 4.14. The smallest absolute Gasteiger partial charge is 0.317 e. The molecule has 0 unspecified atom stereocenters. The van der Waals surface area contributed by atoms with Crippen LogP contribution in [0.1, 0.15) is 17.5 Å². The van der Waals surface area contributed by atoms with Crippen LogP contribution < -0.4 is 5.32 Å². The topological polar surface area (TPSA) is 78.9 Å². The highest BCUT2D eigenvalue weighted by molar-refractivity contribution is 5.75. The summed E-state index contributed by atoms with van der Waals surface area (Å²) in [5.74, 6) is -1.32. The number of halogens is 1. The molecule has 7 heteroatoms. The highest BCUT2D eigenvalue weighted by atomic mass is 19.1. The Balaban J connectivity index is 2.52. The number of urea groups is 1. The number of methoxy groups -OCH3 is 1. The van der Waals surface area contributed by atoms with Crippen LogP contribution in [0.5, 0.6) is 0 Å². The fourth-order valence-electron chi connectivity index (χ4n) is 1.68. The second kappa shape index (κ2) is 8.21. The molecule has 0 fully saturated rings. The predicted octanol–water partition coefficient (Wildman–Crippen LogP) is 1.59. The monoisotopic (exact) mass is 298 g/mol. The van der Waals surface area contributed by atoms with Crippen LogP contribution in [-0.2, 0) is 22.7 Å². The van der Waals surface area contributed by atoms with Crippen molar-refractivity contribution in [1.82, 2.24) is 10.2 Å². The number of hydrogen-bond donors (Lipinski definition) is 2. The van der Waals surface area contributed by atoms with Crippen molar-refractivity contribution in [2.24, 2.45) is 0 Å². The lowest BCUT2D eigenvalue weighted by Crippen LogP contribution is -2.38. The van der Waals surface area contributed by atoms with Crippen LogP contribution in [0.3, 0.4) is 0 Å². The van der Waals surface area contributed by atoms with E-state index < -0.39 is 5.97 Å². The third-order valence-electron chi connectivity index (χ3n) is 2.86. The number of carbonyl (C=O) groups excluding carboxylic acids is 1. The lowest BCUT2D eigenvalue weighted by molar-refractivity contribution is -0.137. The zero-order valence-electron chi connectivity index (χ0n) is 12.1. The number of amides is 2. The van der Waals surface area contributed by atoms with E-state index in [0.29, 0.717) is 5.56 Å². The van der Waals surface area contributed by atoms with Gasteiger partial charge in [-0.3, -0.25) is 4.79 Å².